The van der Waals surface area contributed by atoms with Crippen molar-refractivity contribution in [1.29, 1.82) is 0 Å². The summed E-state index contributed by atoms with van der Waals surface area (Å²) in [7, 11) is 1.22. The smallest absolute Gasteiger partial charge is 0.344 e. The van der Waals surface area contributed by atoms with Gasteiger partial charge in [0.2, 0.25) is 5.91 Å². The third-order valence-electron chi connectivity index (χ3n) is 2.40. The number of ketones is 1. The SMILES string of the molecule is COC(=O)c1c(SC)nn(C(=O)CCC(C)=O)c1N. The van der Waals surface area contributed by atoms with Gasteiger partial charge in [-0.3, -0.25) is 4.79 Å². The maximum Gasteiger partial charge on any atom is 0.344 e. The second kappa shape index (κ2) is 6.37. The van der Waals surface area contributed by atoms with Crippen molar-refractivity contribution < 1.29 is 19.1 Å². The standard InChI is InChI=1S/C11H15N3O4S/c1-6(15)4-5-7(16)14-9(12)8(11(17)18-2)10(13-14)19-3/h4-5,12H2,1-3H3. The van der Waals surface area contributed by atoms with Gasteiger partial charge in [-0.1, -0.05) is 0 Å². The molecule has 0 aromatic carbocycles. The van der Waals surface area contributed by atoms with E-state index in [1.807, 2.05) is 0 Å². The van der Waals surface area contributed by atoms with Crippen molar-refractivity contribution in [3.05, 3.63) is 5.56 Å². The normalized spacial score (nSPS) is 10.3. The summed E-state index contributed by atoms with van der Waals surface area (Å²) in [6.45, 7) is 1.40. The summed E-state index contributed by atoms with van der Waals surface area (Å²) < 4.78 is 5.55. The van der Waals surface area contributed by atoms with Crippen molar-refractivity contribution in [3.8, 4) is 0 Å². The number of nitrogens with zero attached hydrogens (tertiary/aromatic N) is 2. The molecule has 1 rings (SSSR count). The molecule has 1 heterocycles. The average molecular weight is 285 g/mol. The first kappa shape index (κ1) is 15.2. The van der Waals surface area contributed by atoms with Crippen LogP contribution in [0.5, 0.6) is 0 Å². The number of rotatable bonds is 5. The molecule has 2 N–H and O–H groups in total. The molecule has 0 saturated carbocycles. The van der Waals surface area contributed by atoms with Gasteiger partial charge in [-0.05, 0) is 13.2 Å². The Morgan fingerprint density at radius 2 is 2.00 bits per heavy atom. The molecule has 0 unspecified atom stereocenters. The summed E-state index contributed by atoms with van der Waals surface area (Å²) in [6.07, 6.45) is 1.81. The van der Waals surface area contributed by atoms with Crippen molar-refractivity contribution >= 4 is 35.2 Å². The monoisotopic (exact) mass is 285 g/mol. The Morgan fingerprint density at radius 1 is 1.37 bits per heavy atom. The molecular weight excluding hydrogens is 270 g/mol. The maximum atomic E-state index is 11.9. The number of carbonyl (C=O) groups excluding carboxylic acids is 3. The highest BCUT2D eigenvalue weighted by atomic mass is 32.2. The quantitative estimate of drug-likeness (QED) is 0.635. The van der Waals surface area contributed by atoms with Gasteiger partial charge in [0, 0.05) is 12.8 Å². The van der Waals surface area contributed by atoms with Gasteiger partial charge in [-0.25, -0.2) is 4.79 Å². The highest BCUT2D eigenvalue weighted by Crippen LogP contribution is 2.25. The van der Waals surface area contributed by atoms with E-state index < -0.39 is 11.9 Å². The topological polar surface area (TPSA) is 104 Å². The lowest BCUT2D eigenvalue weighted by Crippen LogP contribution is -2.16. The van der Waals surface area contributed by atoms with Gasteiger partial charge in [0.15, 0.2) is 0 Å². The Morgan fingerprint density at radius 3 is 2.47 bits per heavy atom. The zero-order valence-electron chi connectivity index (χ0n) is 10.9. The fourth-order valence-electron chi connectivity index (χ4n) is 1.43. The predicted molar refractivity (Wildman–Crippen MR) is 70.3 cm³/mol. The number of aromatic nitrogens is 2. The molecular formula is C11H15N3O4S. The number of thioether (sulfide) groups is 1. The number of carbonyl (C=O) groups is 3. The van der Waals surface area contributed by atoms with Crippen LogP contribution in [-0.2, 0) is 9.53 Å². The minimum absolute atomic E-state index is 0.00432. The molecule has 1 aromatic rings. The number of nitrogens with two attached hydrogens (primary N) is 1. The summed E-state index contributed by atoms with van der Waals surface area (Å²) in [5, 5.41) is 4.29. The maximum absolute atomic E-state index is 11.9. The molecule has 0 atom stereocenters. The zero-order chi connectivity index (χ0) is 14.6. The van der Waals surface area contributed by atoms with Crippen molar-refractivity contribution in [2.24, 2.45) is 0 Å². The lowest BCUT2D eigenvalue weighted by Gasteiger charge is -2.02. The second-order valence-electron chi connectivity index (χ2n) is 3.77. The highest BCUT2D eigenvalue weighted by molar-refractivity contribution is 7.98. The van der Waals surface area contributed by atoms with E-state index in [9.17, 15) is 14.4 Å². The Balaban J connectivity index is 3.09. The van der Waals surface area contributed by atoms with Crippen LogP contribution in [0.4, 0.5) is 5.82 Å². The van der Waals surface area contributed by atoms with E-state index in [0.29, 0.717) is 5.03 Å². The fourth-order valence-corrected chi connectivity index (χ4v) is 1.98. The van der Waals surface area contributed by atoms with Crippen LogP contribution in [0.3, 0.4) is 0 Å². The van der Waals surface area contributed by atoms with E-state index in [-0.39, 0.29) is 30.0 Å². The van der Waals surface area contributed by atoms with E-state index in [2.05, 4.69) is 9.84 Å². The first-order chi connectivity index (χ1) is 8.92. The first-order valence-corrected chi connectivity index (χ1v) is 6.68. The summed E-state index contributed by atoms with van der Waals surface area (Å²) in [5.74, 6) is -1.24. The predicted octanol–water partition coefficient (Wildman–Crippen LogP) is 0.983. The molecule has 0 saturated heterocycles. The zero-order valence-corrected chi connectivity index (χ0v) is 11.7. The van der Waals surface area contributed by atoms with Gasteiger partial charge in [-0.2, -0.15) is 9.78 Å². The van der Waals surface area contributed by atoms with E-state index in [1.54, 1.807) is 6.26 Å². The van der Waals surface area contributed by atoms with E-state index in [4.69, 9.17) is 5.73 Å². The van der Waals surface area contributed by atoms with E-state index in [1.165, 1.54) is 25.8 Å². The van der Waals surface area contributed by atoms with Crippen LogP contribution >= 0.6 is 11.8 Å². The molecule has 0 fully saturated rings. The van der Waals surface area contributed by atoms with Crippen LogP contribution in [0.1, 0.15) is 34.9 Å². The van der Waals surface area contributed by atoms with Crippen LogP contribution in [0.25, 0.3) is 0 Å². The van der Waals surface area contributed by atoms with E-state index in [0.717, 1.165) is 4.68 Å². The number of Topliss-reactive ketones (excluding diaryl/α,β-unsaturated/α-hetero) is 1. The third-order valence-corrected chi connectivity index (χ3v) is 3.07. The first-order valence-electron chi connectivity index (χ1n) is 5.45. The fraction of sp³-hybridized carbons (Fsp3) is 0.455. The molecule has 0 aliphatic heterocycles. The lowest BCUT2D eigenvalue weighted by molar-refractivity contribution is -0.117. The number of methoxy groups -OCH3 is 1. The molecule has 0 spiro atoms. The number of esters is 1. The van der Waals surface area contributed by atoms with Gasteiger partial charge in [0.25, 0.3) is 0 Å². The largest absolute Gasteiger partial charge is 0.465 e. The Hall–Kier alpha value is -1.83. The number of anilines is 1. The third kappa shape index (κ3) is 3.34. The molecule has 8 heteroatoms. The van der Waals surface area contributed by atoms with Crippen LogP contribution in [0.15, 0.2) is 5.03 Å². The van der Waals surface area contributed by atoms with Gasteiger partial charge < -0.3 is 15.3 Å². The average Bonchev–Trinajstić information content (AvgIpc) is 2.72. The molecule has 19 heavy (non-hydrogen) atoms. The minimum atomic E-state index is -0.646. The van der Waals surface area contributed by atoms with Crippen LogP contribution in [0, 0.1) is 0 Å². The molecule has 0 bridgehead atoms. The Kier molecular flexibility index (Phi) is 5.11. The van der Waals surface area contributed by atoms with E-state index >= 15 is 0 Å². The summed E-state index contributed by atoms with van der Waals surface area (Å²) >= 11 is 1.18. The van der Waals surface area contributed by atoms with Crippen molar-refractivity contribution in [2.45, 2.75) is 24.8 Å². The van der Waals surface area contributed by atoms with Gasteiger partial charge in [0.1, 0.15) is 22.2 Å². The summed E-state index contributed by atoms with van der Waals surface area (Å²) in [5.41, 5.74) is 5.82. The second-order valence-corrected chi connectivity index (χ2v) is 4.56. The number of ether oxygens (including phenoxy) is 1. The Labute approximate surface area is 114 Å². The molecule has 104 valence electrons. The summed E-state index contributed by atoms with van der Waals surface area (Å²) in [6, 6.07) is 0. The summed E-state index contributed by atoms with van der Waals surface area (Å²) in [4.78, 5) is 34.3. The highest BCUT2D eigenvalue weighted by Gasteiger charge is 2.25. The van der Waals surface area contributed by atoms with Crippen LogP contribution in [0.2, 0.25) is 0 Å². The minimum Gasteiger partial charge on any atom is -0.465 e. The van der Waals surface area contributed by atoms with Gasteiger partial charge in [-0.15, -0.1) is 11.8 Å². The van der Waals surface area contributed by atoms with Gasteiger partial charge in [0.05, 0.1) is 7.11 Å². The van der Waals surface area contributed by atoms with Crippen LogP contribution in [-0.4, -0.2) is 40.8 Å². The van der Waals surface area contributed by atoms with Crippen molar-refractivity contribution in [3.63, 3.8) is 0 Å². The molecule has 1 aromatic heterocycles. The molecule has 0 aliphatic carbocycles. The van der Waals surface area contributed by atoms with Crippen LogP contribution < -0.4 is 5.73 Å². The lowest BCUT2D eigenvalue weighted by atomic mass is 10.2. The number of hydrogen-bond acceptors (Lipinski definition) is 7. The van der Waals surface area contributed by atoms with Gasteiger partial charge >= 0.3 is 5.97 Å². The molecule has 7 nitrogen and oxygen atoms in total. The molecule has 0 aliphatic rings. The van der Waals surface area contributed by atoms with Crippen molar-refractivity contribution in [2.75, 3.05) is 19.1 Å². The Bertz CT molecular complexity index is 524. The number of nitrogen functional groups attached to an aromatic ring is 1. The molecule has 0 radical (unpaired) electrons. The van der Waals surface area contributed by atoms with Crippen molar-refractivity contribution in [1.82, 2.24) is 9.78 Å². The molecule has 0 amide bonds. The number of hydrogen-bond donors (Lipinski definition) is 1.